The van der Waals surface area contributed by atoms with Crippen molar-refractivity contribution in [3.8, 4) is 5.75 Å². The molecular weight excluding hydrogens is 304 g/mol. The third-order valence-corrected chi connectivity index (χ3v) is 4.66. The van der Waals surface area contributed by atoms with Gasteiger partial charge in [-0.25, -0.2) is 0 Å². The Kier molecular flexibility index (Phi) is 7.06. The van der Waals surface area contributed by atoms with E-state index in [0.29, 0.717) is 13.0 Å². The molecule has 0 spiro atoms. The van der Waals surface area contributed by atoms with Gasteiger partial charge in [0.15, 0.2) is 0 Å². The zero-order chi connectivity index (χ0) is 17.4. The van der Waals surface area contributed by atoms with Gasteiger partial charge < -0.3 is 20.5 Å². The number of hydrogen-bond acceptors (Lipinski definition) is 4. The summed E-state index contributed by atoms with van der Waals surface area (Å²) in [4.78, 5) is 12.2. The second-order valence-electron chi connectivity index (χ2n) is 6.90. The zero-order valence-electron chi connectivity index (χ0n) is 14.8. The first-order chi connectivity index (χ1) is 11.5. The number of rotatable bonds is 7. The molecule has 1 saturated carbocycles. The van der Waals surface area contributed by atoms with Crippen LogP contribution in [0.15, 0.2) is 24.3 Å². The highest BCUT2D eigenvalue weighted by Gasteiger charge is 2.28. The summed E-state index contributed by atoms with van der Waals surface area (Å²) < 4.78 is 5.15. The van der Waals surface area contributed by atoms with E-state index in [4.69, 9.17) is 4.74 Å². The summed E-state index contributed by atoms with van der Waals surface area (Å²) in [5.41, 5.74) is 0.113. The van der Waals surface area contributed by atoms with Crippen LogP contribution in [-0.2, 0) is 4.79 Å². The van der Waals surface area contributed by atoms with Crippen LogP contribution in [0.25, 0.3) is 0 Å². The highest BCUT2D eigenvalue weighted by molar-refractivity contribution is 5.91. The maximum absolute atomic E-state index is 12.2. The first-order valence-corrected chi connectivity index (χ1v) is 8.90. The van der Waals surface area contributed by atoms with Gasteiger partial charge in [-0.15, -0.1) is 0 Å². The summed E-state index contributed by atoms with van der Waals surface area (Å²) in [6, 6.07) is 7.34. The molecule has 1 fully saturated rings. The van der Waals surface area contributed by atoms with Gasteiger partial charge >= 0.3 is 0 Å². The Balaban J connectivity index is 1.76. The van der Waals surface area contributed by atoms with Crippen molar-refractivity contribution in [1.82, 2.24) is 5.32 Å². The third-order valence-electron chi connectivity index (χ3n) is 4.66. The molecule has 1 aliphatic carbocycles. The second kappa shape index (κ2) is 9.04. The molecule has 1 atom stereocenters. The zero-order valence-corrected chi connectivity index (χ0v) is 14.8. The van der Waals surface area contributed by atoms with Crippen LogP contribution in [0.4, 0.5) is 5.69 Å². The standard InChI is InChI=1S/C19H30N2O3/c1-15(20-14-19(23)10-5-3-4-6-11-19)12-18(22)21-16-8-7-9-17(13-16)24-2/h7-9,13,15,20,23H,3-6,10-12,14H2,1-2H3,(H,21,22). The number of benzene rings is 1. The molecule has 0 aliphatic heterocycles. The smallest absolute Gasteiger partial charge is 0.225 e. The fourth-order valence-electron chi connectivity index (χ4n) is 3.19. The van der Waals surface area contributed by atoms with Crippen LogP contribution >= 0.6 is 0 Å². The lowest BCUT2D eigenvalue weighted by Crippen LogP contribution is -2.44. The number of carbonyl (C=O) groups excluding carboxylic acids is 1. The molecule has 1 amide bonds. The normalized spacial score (nSPS) is 18.5. The van der Waals surface area contributed by atoms with E-state index in [-0.39, 0.29) is 11.9 Å². The fourth-order valence-corrected chi connectivity index (χ4v) is 3.19. The van der Waals surface area contributed by atoms with Crippen LogP contribution < -0.4 is 15.4 Å². The summed E-state index contributed by atoms with van der Waals surface area (Å²) >= 11 is 0. The van der Waals surface area contributed by atoms with Crippen molar-refractivity contribution < 1.29 is 14.6 Å². The molecule has 0 aromatic heterocycles. The molecule has 0 saturated heterocycles. The van der Waals surface area contributed by atoms with E-state index in [1.807, 2.05) is 25.1 Å². The van der Waals surface area contributed by atoms with Crippen molar-refractivity contribution in [3.63, 3.8) is 0 Å². The van der Waals surface area contributed by atoms with Gasteiger partial charge in [-0.2, -0.15) is 0 Å². The van der Waals surface area contributed by atoms with Crippen LogP contribution in [0, 0.1) is 0 Å². The molecule has 5 nitrogen and oxygen atoms in total. The Morgan fingerprint density at radius 1 is 1.29 bits per heavy atom. The molecule has 1 unspecified atom stereocenters. The lowest BCUT2D eigenvalue weighted by atomic mass is 9.94. The van der Waals surface area contributed by atoms with E-state index in [2.05, 4.69) is 10.6 Å². The number of ether oxygens (including phenoxy) is 1. The van der Waals surface area contributed by atoms with Gasteiger partial charge in [0.1, 0.15) is 5.75 Å². The van der Waals surface area contributed by atoms with Gasteiger partial charge in [0.2, 0.25) is 5.91 Å². The number of carbonyl (C=O) groups is 1. The average molecular weight is 334 g/mol. The molecule has 2 rings (SSSR count). The summed E-state index contributed by atoms with van der Waals surface area (Å²) in [5, 5.41) is 16.9. The van der Waals surface area contributed by atoms with Crippen molar-refractivity contribution in [3.05, 3.63) is 24.3 Å². The molecule has 5 heteroatoms. The predicted molar refractivity (Wildman–Crippen MR) is 96.4 cm³/mol. The third kappa shape index (κ3) is 6.13. The molecule has 0 bridgehead atoms. The van der Waals surface area contributed by atoms with Crippen molar-refractivity contribution in [2.45, 2.75) is 63.5 Å². The van der Waals surface area contributed by atoms with E-state index in [1.54, 1.807) is 13.2 Å². The quantitative estimate of drug-likeness (QED) is 0.670. The van der Waals surface area contributed by atoms with E-state index in [1.165, 1.54) is 12.8 Å². The highest BCUT2D eigenvalue weighted by Crippen LogP contribution is 2.26. The van der Waals surface area contributed by atoms with Crippen LogP contribution in [0.2, 0.25) is 0 Å². The summed E-state index contributed by atoms with van der Waals surface area (Å²) in [5.74, 6) is 0.672. The van der Waals surface area contributed by atoms with E-state index in [9.17, 15) is 9.90 Å². The van der Waals surface area contributed by atoms with Crippen molar-refractivity contribution in [2.24, 2.45) is 0 Å². The number of anilines is 1. The van der Waals surface area contributed by atoms with Crippen molar-refractivity contribution >= 4 is 11.6 Å². The summed E-state index contributed by atoms with van der Waals surface area (Å²) in [7, 11) is 1.60. The van der Waals surface area contributed by atoms with Crippen LogP contribution in [-0.4, -0.2) is 36.3 Å². The van der Waals surface area contributed by atoms with Gasteiger partial charge in [0, 0.05) is 30.8 Å². The minimum Gasteiger partial charge on any atom is -0.497 e. The van der Waals surface area contributed by atoms with Crippen molar-refractivity contribution in [1.29, 1.82) is 0 Å². The monoisotopic (exact) mass is 334 g/mol. The molecule has 1 aliphatic rings. The Morgan fingerprint density at radius 3 is 2.67 bits per heavy atom. The first-order valence-electron chi connectivity index (χ1n) is 8.90. The minimum atomic E-state index is -0.617. The van der Waals surface area contributed by atoms with Gasteiger partial charge in [-0.1, -0.05) is 31.7 Å². The fraction of sp³-hybridized carbons (Fsp3) is 0.632. The Morgan fingerprint density at radius 2 is 2.00 bits per heavy atom. The van der Waals surface area contributed by atoms with Gasteiger partial charge in [0.05, 0.1) is 12.7 Å². The molecule has 134 valence electrons. The van der Waals surface area contributed by atoms with Gasteiger partial charge in [-0.05, 0) is 31.9 Å². The molecule has 0 radical (unpaired) electrons. The Labute approximate surface area is 144 Å². The lowest BCUT2D eigenvalue weighted by Gasteiger charge is -2.28. The highest BCUT2D eigenvalue weighted by atomic mass is 16.5. The molecule has 1 aromatic rings. The number of hydrogen-bond donors (Lipinski definition) is 3. The van der Waals surface area contributed by atoms with Crippen LogP contribution in [0.1, 0.15) is 51.9 Å². The minimum absolute atomic E-state index is 0.0166. The number of amides is 1. The van der Waals surface area contributed by atoms with Crippen molar-refractivity contribution in [2.75, 3.05) is 19.0 Å². The number of aliphatic hydroxyl groups is 1. The second-order valence-corrected chi connectivity index (χ2v) is 6.90. The topological polar surface area (TPSA) is 70.6 Å². The molecule has 1 aromatic carbocycles. The maximum atomic E-state index is 12.2. The summed E-state index contributed by atoms with van der Waals surface area (Å²) in [6.45, 7) is 2.53. The first kappa shape index (κ1) is 18.7. The Hall–Kier alpha value is -1.59. The molecule has 24 heavy (non-hydrogen) atoms. The molecule has 0 heterocycles. The summed E-state index contributed by atoms with van der Waals surface area (Å²) in [6.07, 6.45) is 6.66. The largest absolute Gasteiger partial charge is 0.497 e. The number of methoxy groups -OCH3 is 1. The van der Waals surface area contributed by atoms with Crippen LogP contribution in [0.3, 0.4) is 0 Å². The predicted octanol–water partition coefficient (Wildman–Crippen LogP) is 3.09. The Bertz CT molecular complexity index is 525. The number of nitrogens with one attached hydrogen (secondary N) is 2. The molecular formula is C19H30N2O3. The van der Waals surface area contributed by atoms with E-state index < -0.39 is 5.60 Å². The molecule has 3 N–H and O–H groups in total. The average Bonchev–Trinajstić information content (AvgIpc) is 2.78. The SMILES string of the molecule is COc1cccc(NC(=O)CC(C)NCC2(O)CCCCCC2)c1. The van der Waals surface area contributed by atoms with Crippen LogP contribution in [0.5, 0.6) is 5.75 Å². The van der Waals surface area contributed by atoms with Gasteiger partial charge in [-0.3, -0.25) is 4.79 Å². The lowest BCUT2D eigenvalue weighted by molar-refractivity contribution is -0.116. The van der Waals surface area contributed by atoms with Gasteiger partial charge in [0.25, 0.3) is 0 Å². The van der Waals surface area contributed by atoms with E-state index in [0.717, 1.165) is 37.1 Å². The van der Waals surface area contributed by atoms with E-state index >= 15 is 0 Å². The maximum Gasteiger partial charge on any atom is 0.225 e.